The van der Waals surface area contributed by atoms with E-state index in [0.29, 0.717) is 5.92 Å². The highest BCUT2D eigenvalue weighted by Crippen LogP contribution is 2.00. The van der Waals surface area contributed by atoms with Crippen LogP contribution < -0.4 is 5.43 Å². The van der Waals surface area contributed by atoms with Crippen LogP contribution >= 0.6 is 12.6 Å². The van der Waals surface area contributed by atoms with Gasteiger partial charge in [0.25, 0.3) is 0 Å². The topological polar surface area (TPSA) is 41.5 Å². The maximum absolute atomic E-state index is 10.7. The summed E-state index contributed by atoms with van der Waals surface area (Å²) in [6.45, 7) is 6.12. The van der Waals surface area contributed by atoms with Crippen LogP contribution in [0.15, 0.2) is 5.10 Å². The van der Waals surface area contributed by atoms with E-state index in [2.05, 4.69) is 37.0 Å². The highest BCUT2D eigenvalue weighted by atomic mass is 32.1. The molecule has 70 valence electrons. The Hall–Kier alpha value is -0.510. The predicted molar refractivity (Wildman–Crippen MR) is 54.6 cm³/mol. The molecule has 0 aliphatic rings. The summed E-state index contributed by atoms with van der Waals surface area (Å²) in [7, 11) is 0. The molecule has 0 atom stereocenters. The Balaban J connectivity index is 3.76. The summed E-state index contributed by atoms with van der Waals surface area (Å²) in [6, 6.07) is 0. The standard InChI is InChI=1S/C8H16N2OS/c1-6(2)4-7(3)9-10-8(11)5-12/h6,12H,4-5H2,1-3H3,(H,10,11)/b9-7+. The zero-order chi connectivity index (χ0) is 9.56. The molecule has 0 spiro atoms. The molecule has 0 aliphatic heterocycles. The summed E-state index contributed by atoms with van der Waals surface area (Å²) in [5, 5.41) is 3.90. The molecule has 0 heterocycles. The van der Waals surface area contributed by atoms with Gasteiger partial charge in [-0.05, 0) is 19.3 Å². The lowest BCUT2D eigenvalue weighted by Gasteiger charge is -2.03. The number of amides is 1. The lowest BCUT2D eigenvalue weighted by atomic mass is 10.1. The van der Waals surface area contributed by atoms with Crippen molar-refractivity contribution >= 4 is 24.2 Å². The summed E-state index contributed by atoms with van der Waals surface area (Å²) in [5.41, 5.74) is 3.35. The van der Waals surface area contributed by atoms with E-state index in [1.807, 2.05) is 6.92 Å². The fraction of sp³-hybridized carbons (Fsp3) is 0.750. The fourth-order valence-electron chi connectivity index (χ4n) is 0.830. The quantitative estimate of drug-likeness (QED) is 0.391. The number of hydrogen-bond acceptors (Lipinski definition) is 3. The number of nitrogens with one attached hydrogen (secondary N) is 1. The third kappa shape index (κ3) is 6.22. The van der Waals surface area contributed by atoms with Gasteiger partial charge in [-0.2, -0.15) is 17.7 Å². The molecule has 0 rings (SSSR count). The minimum Gasteiger partial charge on any atom is -0.272 e. The highest BCUT2D eigenvalue weighted by Gasteiger charge is 1.98. The van der Waals surface area contributed by atoms with E-state index in [0.717, 1.165) is 12.1 Å². The minimum atomic E-state index is -0.165. The molecule has 0 bridgehead atoms. The van der Waals surface area contributed by atoms with Crippen LogP contribution in [0.3, 0.4) is 0 Å². The molecule has 0 aromatic rings. The average Bonchev–Trinajstić information content (AvgIpc) is 1.99. The highest BCUT2D eigenvalue weighted by molar-refractivity contribution is 7.81. The first kappa shape index (κ1) is 11.5. The molecule has 0 radical (unpaired) electrons. The Morgan fingerprint density at radius 2 is 2.17 bits per heavy atom. The molecule has 0 saturated heterocycles. The van der Waals surface area contributed by atoms with Crippen molar-refractivity contribution in [3.05, 3.63) is 0 Å². The van der Waals surface area contributed by atoms with Gasteiger partial charge in [0.1, 0.15) is 0 Å². The zero-order valence-corrected chi connectivity index (χ0v) is 8.69. The molecule has 0 fully saturated rings. The molecule has 1 amide bonds. The van der Waals surface area contributed by atoms with Gasteiger partial charge in [-0.15, -0.1) is 0 Å². The SMILES string of the molecule is C/C(CC(C)C)=N\NC(=O)CS. The molecule has 1 N–H and O–H groups in total. The van der Waals surface area contributed by atoms with E-state index < -0.39 is 0 Å². The number of carbonyl (C=O) groups excluding carboxylic acids is 1. The van der Waals surface area contributed by atoms with Crippen LogP contribution in [0.1, 0.15) is 27.2 Å². The number of hydrogen-bond donors (Lipinski definition) is 2. The molecule has 0 aliphatic carbocycles. The largest absolute Gasteiger partial charge is 0.272 e. The van der Waals surface area contributed by atoms with Crippen molar-refractivity contribution in [3.63, 3.8) is 0 Å². The molecular weight excluding hydrogens is 172 g/mol. The third-order valence-corrected chi connectivity index (χ3v) is 1.51. The molecular formula is C8H16N2OS. The number of rotatable bonds is 4. The minimum absolute atomic E-state index is 0.165. The van der Waals surface area contributed by atoms with E-state index in [1.54, 1.807) is 0 Å². The van der Waals surface area contributed by atoms with E-state index >= 15 is 0 Å². The van der Waals surface area contributed by atoms with Gasteiger partial charge in [0.2, 0.25) is 5.91 Å². The maximum Gasteiger partial charge on any atom is 0.249 e. The van der Waals surface area contributed by atoms with E-state index in [4.69, 9.17) is 0 Å². The molecule has 3 nitrogen and oxygen atoms in total. The smallest absolute Gasteiger partial charge is 0.249 e. The van der Waals surface area contributed by atoms with Crippen LogP contribution in [0.25, 0.3) is 0 Å². The van der Waals surface area contributed by atoms with Gasteiger partial charge in [0, 0.05) is 5.71 Å². The molecule has 0 unspecified atom stereocenters. The van der Waals surface area contributed by atoms with E-state index in [1.165, 1.54) is 0 Å². The summed E-state index contributed by atoms with van der Waals surface area (Å²) in [6.07, 6.45) is 0.910. The molecule has 0 aromatic carbocycles. The van der Waals surface area contributed by atoms with Gasteiger partial charge in [-0.3, -0.25) is 4.79 Å². The van der Waals surface area contributed by atoms with Crippen molar-refractivity contribution in [1.29, 1.82) is 0 Å². The first-order valence-electron chi connectivity index (χ1n) is 3.99. The molecule has 0 saturated carbocycles. The van der Waals surface area contributed by atoms with E-state index in [9.17, 15) is 4.79 Å². The Morgan fingerprint density at radius 3 is 2.58 bits per heavy atom. The second kappa shape index (κ2) is 6.06. The van der Waals surface area contributed by atoms with Crippen LogP contribution in [0.2, 0.25) is 0 Å². The van der Waals surface area contributed by atoms with Crippen molar-refractivity contribution in [2.75, 3.05) is 5.75 Å². The monoisotopic (exact) mass is 188 g/mol. The van der Waals surface area contributed by atoms with Crippen LogP contribution in [0.4, 0.5) is 0 Å². The second-order valence-electron chi connectivity index (χ2n) is 3.14. The Labute approximate surface area is 79.0 Å². The van der Waals surface area contributed by atoms with Crippen LogP contribution in [-0.2, 0) is 4.79 Å². The van der Waals surface area contributed by atoms with Gasteiger partial charge < -0.3 is 0 Å². The fourth-order valence-corrected chi connectivity index (χ4v) is 0.900. The van der Waals surface area contributed by atoms with Gasteiger partial charge >= 0.3 is 0 Å². The van der Waals surface area contributed by atoms with Gasteiger partial charge in [0.05, 0.1) is 5.75 Å². The van der Waals surface area contributed by atoms with Crippen LogP contribution in [0, 0.1) is 5.92 Å². The number of hydrazone groups is 1. The summed E-state index contributed by atoms with van der Waals surface area (Å²) < 4.78 is 0. The Kier molecular flexibility index (Phi) is 5.80. The lowest BCUT2D eigenvalue weighted by molar-refractivity contribution is -0.118. The predicted octanol–water partition coefficient (Wildman–Crippen LogP) is 1.45. The van der Waals surface area contributed by atoms with Crippen molar-refractivity contribution in [2.24, 2.45) is 11.0 Å². The van der Waals surface area contributed by atoms with Gasteiger partial charge in [-0.25, -0.2) is 5.43 Å². The van der Waals surface area contributed by atoms with Crippen molar-refractivity contribution in [2.45, 2.75) is 27.2 Å². The average molecular weight is 188 g/mol. The van der Waals surface area contributed by atoms with Crippen molar-refractivity contribution in [1.82, 2.24) is 5.43 Å². The first-order chi connectivity index (χ1) is 5.56. The molecule has 12 heavy (non-hydrogen) atoms. The molecule has 0 aromatic heterocycles. The first-order valence-corrected chi connectivity index (χ1v) is 4.62. The second-order valence-corrected chi connectivity index (χ2v) is 3.45. The number of thiol groups is 1. The van der Waals surface area contributed by atoms with Crippen LogP contribution in [0.5, 0.6) is 0 Å². The zero-order valence-electron chi connectivity index (χ0n) is 7.79. The Bertz CT molecular complexity index is 178. The maximum atomic E-state index is 10.7. The van der Waals surface area contributed by atoms with Crippen LogP contribution in [-0.4, -0.2) is 17.4 Å². The molecule has 4 heteroatoms. The van der Waals surface area contributed by atoms with E-state index in [-0.39, 0.29) is 11.7 Å². The van der Waals surface area contributed by atoms with Gasteiger partial charge in [0.15, 0.2) is 0 Å². The third-order valence-electron chi connectivity index (χ3n) is 1.22. The lowest BCUT2D eigenvalue weighted by Crippen LogP contribution is -2.20. The normalized spacial score (nSPS) is 11.9. The van der Waals surface area contributed by atoms with Gasteiger partial charge in [-0.1, -0.05) is 13.8 Å². The van der Waals surface area contributed by atoms with Crippen molar-refractivity contribution in [3.8, 4) is 0 Å². The summed E-state index contributed by atoms with van der Waals surface area (Å²) in [4.78, 5) is 10.7. The van der Waals surface area contributed by atoms with Crippen molar-refractivity contribution < 1.29 is 4.79 Å². The number of nitrogens with zero attached hydrogens (tertiary/aromatic N) is 1. The number of carbonyl (C=O) groups is 1. The Morgan fingerprint density at radius 1 is 1.58 bits per heavy atom. The summed E-state index contributed by atoms with van der Waals surface area (Å²) in [5.74, 6) is 0.585. The summed E-state index contributed by atoms with van der Waals surface area (Å²) >= 11 is 3.81.